The molecule has 0 atom stereocenters. The van der Waals surface area contributed by atoms with E-state index in [1.165, 1.54) is 33.4 Å². The molecule has 3 nitrogen and oxygen atoms in total. The van der Waals surface area contributed by atoms with E-state index < -0.39 is 0 Å². The summed E-state index contributed by atoms with van der Waals surface area (Å²) in [4.78, 5) is 0. The fraction of sp³-hybridized carbons (Fsp3) is 0.273. The van der Waals surface area contributed by atoms with Gasteiger partial charge < -0.3 is 14.2 Å². The molecule has 3 heteroatoms. The van der Waals surface area contributed by atoms with Crippen LogP contribution >= 0.6 is 0 Å². The molecule has 0 aromatic heterocycles. The van der Waals surface area contributed by atoms with Gasteiger partial charge in [0.15, 0.2) is 0 Å². The average Bonchev–Trinajstić information content (AvgIpc) is 2.85. The van der Waals surface area contributed by atoms with Gasteiger partial charge in [-0.15, -0.1) is 0 Å². The minimum atomic E-state index is 0.708. The lowest BCUT2D eigenvalue weighted by atomic mass is 9.89. The predicted molar refractivity (Wildman–Crippen MR) is 148 cm³/mol. The van der Waals surface area contributed by atoms with Crippen molar-refractivity contribution in [2.45, 2.75) is 40.0 Å². The molecule has 0 aliphatic rings. The Kier molecular flexibility index (Phi) is 8.00. The number of aryl methyl sites for hydroxylation is 3. The fourth-order valence-electron chi connectivity index (χ4n) is 5.16. The van der Waals surface area contributed by atoms with Gasteiger partial charge >= 0.3 is 0 Å². The van der Waals surface area contributed by atoms with Crippen LogP contribution in [0.1, 0.15) is 50.1 Å². The normalized spacial score (nSPS) is 10.8. The van der Waals surface area contributed by atoms with Crippen molar-refractivity contribution < 1.29 is 14.2 Å². The summed E-state index contributed by atoms with van der Waals surface area (Å²) in [6.45, 7) is 6.37. The van der Waals surface area contributed by atoms with Gasteiger partial charge in [0.2, 0.25) is 0 Å². The van der Waals surface area contributed by atoms with Crippen LogP contribution in [0, 0.1) is 20.8 Å². The third-order valence-corrected chi connectivity index (χ3v) is 6.65. The highest BCUT2D eigenvalue weighted by molar-refractivity contribution is 5.66. The Morgan fingerprint density at radius 3 is 0.944 bits per heavy atom. The first-order chi connectivity index (χ1) is 17.4. The number of ether oxygens (including phenoxy) is 3. The standard InChI is InChI=1S/C33H36O3/c1-22-10-7-13-25(16-22)19-28-31(34-4)29(20-26-14-8-11-23(2)17-26)33(36-6)30(32(28)35-5)21-27-15-9-12-24(3)18-27/h7-18H,19-21H2,1-6H3. The number of hydrogen-bond donors (Lipinski definition) is 0. The SMILES string of the molecule is COc1c(Cc2cccc(C)c2)c(OC)c(Cc2cccc(C)c2)c(OC)c1Cc1cccc(C)c1. The first-order valence-electron chi connectivity index (χ1n) is 12.4. The molecule has 0 radical (unpaired) electrons. The summed E-state index contributed by atoms with van der Waals surface area (Å²) in [6, 6.07) is 25.9. The summed E-state index contributed by atoms with van der Waals surface area (Å²) >= 11 is 0. The van der Waals surface area contributed by atoms with Crippen LogP contribution in [0.4, 0.5) is 0 Å². The third kappa shape index (κ3) is 5.57. The zero-order valence-corrected chi connectivity index (χ0v) is 22.3. The van der Waals surface area contributed by atoms with E-state index in [1.54, 1.807) is 21.3 Å². The van der Waals surface area contributed by atoms with Crippen molar-refractivity contribution in [3.05, 3.63) is 123 Å². The van der Waals surface area contributed by atoms with E-state index in [1.807, 2.05) is 0 Å². The smallest absolute Gasteiger partial charge is 0.133 e. The van der Waals surface area contributed by atoms with Crippen LogP contribution in [-0.2, 0) is 19.3 Å². The average molecular weight is 481 g/mol. The molecule has 0 bridgehead atoms. The van der Waals surface area contributed by atoms with Crippen molar-refractivity contribution in [1.82, 2.24) is 0 Å². The van der Waals surface area contributed by atoms with Crippen LogP contribution in [-0.4, -0.2) is 21.3 Å². The molecule has 0 saturated carbocycles. The third-order valence-electron chi connectivity index (χ3n) is 6.65. The molecule has 4 aromatic rings. The quantitative estimate of drug-likeness (QED) is 0.250. The predicted octanol–water partition coefficient (Wildman–Crippen LogP) is 7.41. The Morgan fingerprint density at radius 1 is 0.444 bits per heavy atom. The van der Waals surface area contributed by atoms with Crippen molar-refractivity contribution in [3.8, 4) is 17.2 Å². The van der Waals surface area contributed by atoms with E-state index in [9.17, 15) is 0 Å². The van der Waals surface area contributed by atoms with Crippen LogP contribution < -0.4 is 14.2 Å². The van der Waals surface area contributed by atoms with Gasteiger partial charge in [-0.05, 0) is 37.5 Å². The van der Waals surface area contributed by atoms with E-state index >= 15 is 0 Å². The van der Waals surface area contributed by atoms with Gasteiger partial charge in [-0.25, -0.2) is 0 Å². The van der Waals surface area contributed by atoms with Crippen molar-refractivity contribution >= 4 is 0 Å². The first kappa shape index (κ1) is 25.4. The van der Waals surface area contributed by atoms with E-state index in [0.717, 1.165) is 33.9 Å². The lowest BCUT2D eigenvalue weighted by Gasteiger charge is -2.25. The summed E-state index contributed by atoms with van der Waals surface area (Å²) in [5, 5.41) is 0. The van der Waals surface area contributed by atoms with Crippen molar-refractivity contribution in [2.75, 3.05) is 21.3 Å². The maximum atomic E-state index is 6.13. The molecule has 4 aromatic carbocycles. The maximum absolute atomic E-state index is 6.13. The van der Waals surface area contributed by atoms with E-state index in [2.05, 4.69) is 93.6 Å². The Morgan fingerprint density at radius 2 is 0.722 bits per heavy atom. The van der Waals surface area contributed by atoms with Gasteiger partial charge in [-0.3, -0.25) is 0 Å². The molecule has 0 spiro atoms. The van der Waals surface area contributed by atoms with Gasteiger partial charge in [0.05, 0.1) is 21.3 Å². The zero-order valence-electron chi connectivity index (χ0n) is 22.3. The molecule has 0 N–H and O–H groups in total. The lowest BCUT2D eigenvalue weighted by molar-refractivity contribution is 0.359. The second-order valence-corrected chi connectivity index (χ2v) is 9.53. The summed E-state index contributed by atoms with van der Waals surface area (Å²) in [5.74, 6) is 2.50. The maximum Gasteiger partial charge on any atom is 0.133 e. The number of hydrogen-bond acceptors (Lipinski definition) is 3. The first-order valence-corrected chi connectivity index (χ1v) is 12.4. The zero-order chi connectivity index (χ0) is 25.7. The second-order valence-electron chi connectivity index (χ2n) is 9.53. The van der Waals surface area contributed by atoms with Gasteiger partial charge in [0, 0.05) is 36.0 Å². The molecule has 0 amide bonds. The summed E-state index contributed by atoms with van der Waals surface area (Å²) in [5.41, 5.74) is 10.5. The highest BCUT2D eigenvalue weighted by Crippen LogP contribution is 2.46. The molecular formula is C33H36O3. The lowest BCUT2D eigenvalue weighted by Crippen LogP contribution is -2.10. The van der Waals surface area contributed by atoms with Gasteiger partial charge in [-0.2, -0.15) is 0 Å². The van der Waals surface area contributed by atoms with Crippen LogP contribution in [0.5, 0.6) is 17.2 Å². The number of rotatable bonds is 9. The molecule has 0 heterocycles. The molecule has 0 saturated heterocycles. The summed E-state index contributed by atoms with van der Waals surface area (Å²) in [7, 11) is 5.23. The van der Waals surface area contributed by atoms with Crippen molar-refractivity contribution in [1.29, 1.82) is 0 Å². The van der Waals surface area contributed by atoms with Gasteiger partial charge in [0.25, 0.3) is 0 Å². The Labute approximate surface area is 215 Å². The molecule has 0 aliphatic carbocycles. The highest BCUT2D eigenvalue weighted by atomic mass is 16.5. The largest absolute Gasteiger partial charge is 0.496 e. The topological polar surface area (TPSA) is 27.7 Å². The molecule has 0 fully saturated rings. The second kappa shape index (κ2) is 11.3. The van der Waals surface area contributed by atoms with Crippen LogP contribution in [0.25, 0.3) is 0 Å². The number of benzene rings is 4. The number of methoxy groups -OCH3 is 3. The van der Waals surface area contributed by atoms with Crippen molar-refractivity contribution in [2.24, 2.45) is 0 Å². The molecule has 0 aliphatic heterocycles. The van der Waals surface area contributed by atoms with Crippen LogP contribution in [0.2, 0.25) is 0 Å². The van der Waals surface area contributed by atoms with Crippen LogP contribution in [0.3, 0.4) is 0 Å². The van der Waals surface area contributed by atoms with E-state index in [-0.39, 0.29) is 0 Å². The minimum Gasteiger partial charge on any atom is -0.496 e. The minimum absolute atomic E-state index is 0.708. The molecule has 36 heavy (non-hydrogen) atoms. The summed E-state index contributed by atoms with van der Waals surface area (Å²) in [6.07, 6.45) is 2.12. The Hall–Kier alpha value is -3.72. The van der Waals surface area contributed by atoms with E-state index in [4.69, 9.17) is 14.2 Å². The highest BCUT2D eigenvalue weighted by Gasteiger charge is 2.27. The van der Waals surface area contributed by atoms with E-state index in [0.29, 0.717) is 19.3 Å². The molecule has 0 unspecified atom stereocenters. The molecule has 4 rings (SSSR count). The van der Waals surface area contributed by atoms with Gasteiger partial charge in [0.1, 0.15) is 17.2 Å². The Bertz CT molecular complexity index is 1170. The monoisotopic (exact) mass is 480 g/mol. The van der Waals surface area contributed by atoms with Crippen molar-refractivity contribution in [3.63, 3.8) is 0 Å². The van der Waals surface area contributed by atoms with Crippen LogP contribution in [0.15, 0.2) is 72.8 Å². The fourth-order valence-corrected chi connectivity index (χ4v) is 5.16. The van der Waals surface area contributed by atoms with Gasteiger partial charge in [-0.1, -0.05) is 89.5 Å². The summed E-state index contributed by atoms with van der Waals surface area (Å²) < 4.78 is 18.4. The Balaban J connectivity index is 1.96. The molecule has 186 valence electrons. The molecular weight excluding hydrogens is 444 g/mol.